The normalized spacial score (nSPS) is 10.1. The number of nitrogens with one attached hydrogen (secondary N) is 1. The topological polar surface area (TPSA) is 88.7 Å². The molecule has 1 amide bonds. The van der Waals surface area contributed by atoms with Gasteiger partial charge < -0.3 is 19.4 Å². The first-order valence-corrected chi connectivity index (χ1v) is 6.50. The molecule has 0 saturated heterocycles. The van der Waals surface area contributed by atoms with Crippen LogP contribution in [-0.4, -0.2) is 55.5 Å². The van der Waals surface area contributed by atoms with Gasteiger partial charge >= 0.3 is 11.9 Å². The zero-order chi connectivity index (χ0) is 16.2. The van der Waals surface area contributed by atoms with Crippen LogP contribution in [0.25, 0.3) is 0 Å². The molecule has 1 aromatic heterocycles. The third-order valence-corrected chi connectivity index (χ3v) is 3.10. The van der Waals surface area contributed by atoms with Gasteiger partial charge in [-0.25, -0.2) is 9.59 Å². The van der Waals surface area contributed by atoms with E-state index >= 15 is 0 Å². The number of carbonyl (C=O) groups is 3. The monoisotopic (exact) mass is 296 g/mol. The Morgan fingerprint density at radius 3 is 2.29 bits per heavy atom. The van der Waals surface area contributed by atoms with Crippen LogP contribution in [0.3, 0.4) is 0 Å². The highest BCUT2D eigenvalue weighted by atomic mass is 16.5. The second-order valence-corrected chi connectivity index (χ2v) is 4.69. The highest BCUT2D eigenvalue weighted by Gasteiger charge is 2.24. The molecule has 0 aliphatic heterocycles. The third kappa shape index (κ3) is 3.62. The quantitative estimate of drug-likeness (QED) is 0.816. The lowest BCUT2D eigenvalue weighted by Crippen LogP contribution is -2.27. The molecule has 0 spiro atoms. The van der Waals surface area contributed by atoms with E-state index in [-0.39, 0.29) is 18.2 Å². The van der Waals surface area contributed by atoms with E-state index in [1.165, 1.54) is 12.0 Å². The number of methoxy groups -OCH3 is 1. The van der Waals surface area contributed by atoms with Crippen LogP contribution >= 0.6 is 0 Å². The first-order valence-electron chi connectivity index (χ1n) is 6.50. The molecule has 1 N–H and O–H groups in total. The van der Waals surface area contributed by atoms with Gasteiger partial charge in [-0.05, 0) is 18.9 Å². The molecule has 7 heteroatoms. The minimum absolute atomic E-state index is 0.166. The van der Waals surface area contributed by atoms with Gasteiger partial charge in [0.1, 0.15) is 5.69 Å². The number of aromatic amines is 1. The molecule has 0 unspecified atom stereocenters. The largest absolute Gasteiger partial charge is 0.465 e. The fourth-order valence-electron chi connectivity index (χ4n) is 1.83. The number of nitrogens with zero attached hydrogens (tertiary/aromatic N) is 1. The molecule has 21 heavy (non-hydrogen) atoms. The minimum Gasteiger partial charge on any atom is -0.465 e. The van der Waals surface area contributed by atoms with Crippen LogP contribution in [0.4, 0.5) is 0 Å². The molecular weight excluding hydrogens is 276 g/mol. The molecule has 7 nitrogen and oxygen atoms in total. The van der Waals surface area contributed by atoms with Gasteiger partial charge in [0, 0.05) is 19.8 Å². The summed E-state index contributed by atoms with van der Waals surface area (Å²) in [6.45, 7) is 3.13. The van der Waals surface area contributed by atoms with Crippen molar-refractivity contribution in [1.82, 2.24) is 9.88 Å². The van der Waals surface area contributed by atoms with Gasteiger partial charge in [0.25, 0.3) is 5.91 Å². The van der Waals surface area contributed by atoms with Gasteiger partial charge in [0.2, 0.25) is 0 Å². The molecule has 0 fully saturated rings. The predicted octanol–water partition coefficient (Wildman–Crippen LogP) is 0.917. The van der Waals surface area contributed by atoms with Crippen LogP contribution in [0.15, 0.2) is 0 Å². The van der Waals surface area contributed by atoms with Gasteiger partial charge in [-0.2, -0.15) is 0 Å². The Bertz CT molecular complexity index is 560. The number of aromatic nitrogens is 1. The molecule has 1 rings (SSSR count). The Morgan fingerprint density at radius 2 is 1.81 bits per heavy atom. The number of hydrogen-bond acceptors (Lipinski definition) is 5. The Hall–Kier alpha value is -2.31. The molecule has 0 radical (unpaired) electrons. The smallest absolute Gasteiger partial charge is 0.355 e. The molecule has 0 saturated carbocycles. The number of carbonyl (C=O) groups excluding carboxylic acids is 3. The average Bonchev–Trinajstić information content (AvgIpc) is 2.80. The Morgan fingerprint density at radius 1 is 1.19 bits per heavy atom. The molecule has 0 aromatic carbocycles. The van der Waals surface area contributed by atoms with Crippen LogP contribution in [0, 0.1) is 6.92 Å². The standard InChI is InChI=1S/C14H20N2O5/c1-6-9-11(13(18)20-5)8(2)12(15-9)14(19)21-7-10(17)16(3)4/h15H,6-7H2,1-5H3. The van der Waals surface area contributed by atoms with Gasteiger partial charge in [0.15, 0.2) is 6.61 Å². The van der Waals surface area contributed by atoms with Crippen LogP contribution in [0.1, 0.15) is 39.0 Å². The van der Waals surface area contributed by atoms with Crippen LogP contribution in [-0.2, 0) is 20.7 Å². The fraction of sp³-hybridized carbons (Fsp3) is 0.500. The summed E-state index contributed by atoms with van der Waals surface area (Å²) < 4.78 is 9.66. The van der Waals surface area contributed by atoms with Crippen molar-refractivity contribution < 1.29 is 23.9 Å². The van der Waals surface area contributed by atoms with E-state index in [0.717, 1.165) is 0 Å². The zero-order valence-corrected chi connectivity index (χ0v) is 12.9. The van der Waals surface area contributed by atoms with Crippen LogP contribution in [0.2, 0.25) is 0 Å². The molecule has 0 atom stereocenters. The van der Waals surface area contributed by atoms with E-state index in [0.29, 0.717) is 23.2 Å². The Balaban J connectivity index is 2.98. The predicted molar refractivity (Wildman–Crippen MR) is 75.2 cm³/mol. The first kappa shape index (κ1) is 16.7. The number of ether oxygens (including phenoxy) is 2. The number of likely N-dealkylation sites (N-methyl/N-ethyl adjacent to an activating group) is 1. The second kappa shape index (κ2) is 6.92. The SMILES string of the molecule is CCc1[nH]c(C(=O)OCC(=O)N(C)C)c(C)c1C(=O)OC. The fourth-order valence-corrected chi connectivity index (χ4v) is 1.83. The first-order chi connectivity index (χ1) is 9.83. The maximum absolute atomic E-state index is 12.0. The molecule has 0 bridgehead atoms. The maximum Gasteiger partial charge on any atom is 0.355 e. The molecule has 0 aliphatic carbocycles. The number of hydrogen-bond donors (Lipinski definition) is 1. The van der Waals surface area contributed by atoms with E-state index in [9.17, 15) is 14.4 Å². The van der Waals surface area contributed by atoms with Crippen molar-refractivity contribution in [2.45, 2.75) is 20.3 Å². The van der Waals surface area contributed by atoms with Crippen LogP contribution in [0.5, 0.6) is 0 Å². The lowest BCUT2D eigenvalue weighted by molar-refractivity contribution is -0.131. The van der Waals surface area contributed by atoms with E-state index in [1.54, 1.807) is 21.0 Å². The number of esters is 2. The highest BCUT2D eigenvalue weighted by Crippen LogP contribution is 2.20. The Labute approximate surface area is 123 Å². The average molecular weight is 296 g/mol. The summed E-state index contributed by atoms with van der Waals surface area (Å²) in [4.78, 5) is 39.4. The van der Waals surface area contributed by atoms with E-state index in [4.69, 9.17) is 9.47 Å². The summed E-state index contributed by atoms with van der Waals surface area (Å²) in [5, 5.41) is 0. The lowest BCUT2D eigenvalue weighted by atomic mass is 10.1. The number of amides is 1. The lowest BCUT2D eigenvalue weighted by Gasteiger charge is -2.10. The number of rotatable bonds is 5. The molecule has 0 aliphatic rings. The maximum atomic E-state index is 12.0. The van der Waals surface area contributed by atoms with Crippen LogP contribution < -0.4 is 0 Å². The molecular formula is C14H20N2O5. The second-order valence-electron chi connectivity index (χ2n) is 4.69. The summed E-state index contributed by atoms with van der Waals surface area (Å²) in [5.74, 6) is -1.51. The van der Waals surface area contributed by atoms with Crippen molar-refractivity contribution >= 4 is 17.8 Å². The van der Waals surface area contributed by atoms with Crippen molar-refractivity contribution in [2.75, 3.05) is 27.8 Å². The van der Waals surface area contributed by atoms with Gasteiger partial charge in [0.05, 0.1) is 12.7 Å². The highest BCUT2D eigenvalue weighted by molar-refractivity contribution is 5.99. The third-order valence-electron chi connectivity index (χ3n) is 3.10. The van der Waals surface area contributed by atoms with Crippen molar-refractivity contribution in [1.29, 1.82) is 0 Å². The van der Waals surface area contributed by atoms with Gasteiger partial charge in [-0.1, -0.05) is 6.92 Å². The zero-order valence-electron chi connectivity index (χ0n) is 12.9. The summed E-state index contributed by atoms with van der Waals surface area (Å²) >= 11 is 0. The number of aryl methyl sites for hydroxylation is 1. The van der Waals surface area contributed by atoms with Gasteiger partial charge in [-0.15, -0.1) is 0 Å². The Kier molecular flexibility index (Phi) is 5.52. The minimum atomic E-state index is -0.674. The van der Waals surface area contributed by atoms with E-state index in [2.05, 4.69) is 4.98 Å². The summed E-state index contributed by atoms with van der Waals surface area (Å²) in [6, 6.07) is 0. The molecule has 1 aromatic rings. The molecule has 116 valence electrons. The van der Waals surface area contributed by atoms with Crippen molar-refractivity contribution in [3.8, 4) is 0 Å². The van der Waals surface area contributed by atoms with E-state index < -0.39 is 11.9 Å². The van der Waals surface area contributed by atoms with Gasteiger partial charge in [-0.3, -0.25) is 4.79 Å². The van der Waals surface area contributed by atoms with Crippen molar-refractivity contribution in [2.24, 2.45) is 0 Å². The summed E-state index contributed by atoms with van der Waals surface area (Å²) in [5.41, 5.74) is 1.57. The summed E-state index contributed by atoms with van der Waals surface area (Å²) in [6.07, 6.45) is 0.537. The van der Waals surface area contributed by atoms with E-state index in [1.807, 2.05) is 6.92 Å². The summed E-state index contributed by atoms with van der Waals surface area (Å²) in [7, 11) is 4.42. The van der Waals surface area contributed by atoms with Crippen molar-refractivity contribution in [3.05, 3.63) is 22.5 Å². The number of H-pyrrole nitrogens is 1. The molecule has 1 heterocycles. The van der Waals surface area contributed by atoms with Crippen molar-refractivity contribution in [3.63, 3.8) is 0 Å².